The van der Waals surface area contributed by atoms with Crippen LogP contribution in [0.2, 0.25) is 0 Å². The van der Waals surface area contributed by atoms with Crippen molar-refractivity contribution in [2.75, 3.05) is 11.9 Å². The summed E-state index contributed by atoms with van der Waals surface area (Å²) in [5.41, 5.74) is 2.59. The number of hydrogen-bond donors (Lipinski definition) is 1. The largest absolute Gasteiger partial charge is 0.369 e. The molecule has 0 spiro atoms. The van der Waals surface area contributed by atoms with Gasteiger partial charge in [0.05, 0.1) is 0 Å². The fourth-order valence-electron chi connectivity index (χ4n) is 3.29. The Morgan fingerprint density at radius 2 is 1.95 bits per heavy atom. The fourth-order valence-corrected chi connectivity index (χ4v) is 3.66. The Hall–Kier alpha value is -0.830. The average molecular weight is 280 g/mol. The molecule has 2 aliphatic carbocycles. The van der Waals surface area contributed by atoms with E-state index in [1.54, 1.807) is 6.33 Å². The third-order valence-electron chi connectivity index (χ3n) is 4.47. The van der Waals surface area contributed by atoms with Gasteiger partial charge in [-0.3, -0.25) is 0 Å². The summed E-state index contributed by atoms with van der Waals surface area (Å²) in [7, 11) is 0. The molecule has 1 heterocycles. The number of nitrogens with zero attached hydrogens (tertiary/aromatic N) is 2. The van der Waals surface area contributed by atoms with Crippen LogP contribution < -0.4 is 5.32 Å². The topological polar surface area (TPSA) is 37.8 Å². The van der Waals surface area contributed by atoms with Crippen LogP contribution in [0.3, 0.4) is 0 Å². The molecule has 0 amide bonds. The molecule has 4 heteroatoms. The zero-order valence-corrected chi connectivity index (χ0v) is 12.1. The van der Waals surface area contributed by atoms with Crippen molar-refractivity contribution < 1.29 is 0 Å². The third-order valence-corrected chi connectivity index (χ3v) is 5.05. The smallest absolute Gasteiger partial charge is 0.132 e. The molecule has 1 fully saturated rings. The molecule has 0 radical (unpaired) electrons. The first kappa shape index (κ1) is 13.2. The summed E-state index contributed by atoms with van der Waals surface area (Å²) in [5.74, 6) is 1.64. The van der Waals surface area contributed by atoms with E-state index in [4.69, 9.17) is 11.6 Å². The van der Waals surface area contributed by atoms with Crippen molar-refractivity contribution in [1.29, 1.82) is 0 Å². The number of nitrogens with one attached hydrogen (secondary N) is 1. The highest BCUT2D eigenvalue weighted by Gasteiger charge is 2.23. The SMILES string of the molecule is ClC1CCCCC1CNc1ncnc2c1CCCC2. The van der Waals surface area contributed by atoms with Gasteiger partial charge < -0.3 is 5.32 Å². The summed E-state index contributed by atoms with van der Waals surface area (Å²) in [4.78, 5) is 8.85. The molecule has 2 aliphatic rings. The van der Waals surface area contributed by atoms with E-state index in [2.05, 4.69) is 15.3 Å². The van der Waals surface area contributed by atoms with Gasteiger partial charge in [-0.25, -0.2) is 9.97 Å². The van der Waals surface area contributed by atoms with Gasteiger partial charge in [0, 0.05) is 23.2 Å². The molecule has 1 aromatic rings. The van der Waals surface area contributed by atoms with Crippen LogP contribution in [-0.2, 0) is 12.8 Å². The summed E-state index contributed by atoms with van der Waals surface area (Å²) in [6.07, 6.45) is 11.5. The zero-order valence-electron chi connectivity index (χ0n) is 11.4. The van der Waals surface area contributed by atoms with Gasteiger partial charge >= 0.3 is 0 Å². The summed E-state index contributed by atoms with van der Waals surface area (Å²) in [6.45, 7) is 0.956. The van der Waals surface area contributed by atoms with Gasteiger partial charge in [0.25, 0.3) is 0 Å². The van der Waals surface area contributed by atoms with E-state index < -0.39 is 0 Å². The highest BCUT2D eigenvalue weighted by Crippen LogP contribution is 2.30. The van der Waals surface area contributed by atoms with E-state index in [0.29, 0.717) is 11.3 Å². The van der Waals surface area contributed by atoms with Crippen LogP contribution in [0.15, 0.2) is 6.33 Å². The summed E-state index contributed by atoms with van der Waals surface area (Å²) in [6, 6.07) is 0. The standard InChI is InChI=1S/C15H22ClN3/c16-13-7-3-1-5-11(13)9-17-15-12-6-2-4-8-14(12)18-10-19-15/h10-11,13H,1-9H2,(H,17,18,19). The van der Waals surface area contributed by atoms with Crippen molar-refractivity contribution >= 4 is 17.4 Å². The van der Waals surface area contributed by atoms with Crippen LogP contribution in [0.5, 0.6) is 0 Å². The Bertz CT molecular complexity index is 435. The van der Waals surface area contributed by atoms with Gasteiger partial charge in [-0.05, 0) is 44.4 Å². The number of fused-ring (bicyclic) bond motifs is 1. The number of hydrogen-bond acceptors (Lipinski definition) is 3. The molecular weight excluding hydrogens is 258 g/mol. The molecule has 0 saturated heterocycles. The average Bonchev–Trinajstić information content (AvgIpc) is 2.46. The lowest BCUT2D eigenvalue weighted by Crippen LogP contribution is -2.27. The van der Waals surface area contributed by atoms with Crippen molar-refractivity contribution in [2.24, 2.45) is 5.92 Å². The Balaban J connectivity index is 1.66. The first-order valence-corrected chi connectivity index (χ1v) is 7.99. The van der Waals surface area contributed by atoms with Crippen LogP contribution in [0.4, 0.5) is 5.82 Å². The van der Waals surface area contributed by atoms with Crippen LogP contribution in [0.1, 0.15) is 49.8 Å². The molecule has 2 atom stereocenters. The van der Waals surface area contributed by atoms with Crippen LogP contribution in [0.25, 0.3) is 0 Å². The lowest BCUT2D eigenvalue weighted by molar-refractivity contribution is 0.380. The lowest BCUT2D eigenvalue weighted by atomic mass is 9.88. The van der Waals surface area contributed by atoms with E-state index in [-0.39, 0.29) is 0 Å². The number of rotatable bonds is 3. The molecule has 0 aromatic carbocycles. The molecule has 1 N–H and O–H groups in total. The second kappa shape index (κ2) is 6.08. The monoisotopic (exact) mass is 279 g/mol. The van der Waals surface area contributed by atoms with Crippen LogP contribution in [-0.4, -0.2) is 21.9 Å². The second-order valence-electron chi connectivity index (χ2n) is 5.80. The molecule has 2 unspecified atom stereocenters. The molecule has 1 aromatic heterocycles. The van der Waals surface area contributed by atoms with Gasteiger partial charge in [0.15, 0.2) is 0 Å². The number of halogens is 1. The second-order valence-corrected chi connectivity index (χ2v) is 6.36. The molecular formula is C15H22ClN3. The molecule has 3 nitrogen and oxygen atoms in total. The van der Waals surface area contributed by atoms with E-state index in [0.717, 1.165) is 31.6 Å². The maximum atomic E-state index is 6.42. The predicted octanol–water partition coefficient (Wildman–Crippen LogP) is 3.56. The van der Waals surface area contributed by atoms with Gasteiger partial charge in [-0.2, -0.15) is 0 Å². The lowest BCUT2D eigenvalue weighted by Gasteiger charge is -2.28. The molecule has 1 saturated carbocycles. The summed E-state index contributed by atoms with van der Waals surface area (Å²) < 4.78 is 0. The van der Waals surface area contributed by atoms with E-state index in [9.17, 15) is 0 Å². The van der Waals surface area contributed by atoms with Gasteiger partial charge in [0.1, 0.15) is 12.1 Å². The summed E-state index contributed by atoms with van der Waals surface area (Å²) >= 11 is 6.42. The van der Waals surface area contributed by atoms with Gasteiger partial charge in [0.2, 0.25) is 0 Å². The maximum absolute atomic E-state index is 6.42. The van der Waals surface area contributed by atoms with Crippen LogP contribution in [0, 0.1) is 5.92 Å². The summed E-state index contributed by atoms with van der Waals surface area (Å²) in [5, 5.41) is 3.87. The minimum Gasteiger partial charge on any atom is -0.369 e. The van der Waals surface area contributed by atoms with Crippen molar-refractivity contribution in [1.82, 2.24) is 9.97 Å². The van der Waals surface area contributed by atoms with E-state index >= 15 is 0 Å². The van der Waals surface area contributed by atoms with E-state index in [1.165, 1.54) is 43.4 Å². The number of aromatic nitrogens is 2. The van der Waals surface area contributed by atoms with Gasteiger partial charge in [-0.1, -0.05) is 12.8 Å². The number of alkyl halides is 1. The van der Waals surface area contributed by atoms with Crippen molar-refractivity contribution in [3.05, 3.63) is 17.6 Å². The Morgan fingerprint density at radius 1 is 1.11 bits per heavy atom. The molecule has 0 aliphatic heterocycles. The highest BCUT2D eigenvalue weighted by atomic mass is 35.5. The Labute approximate surface area is 120 Å². The molecule has 3 rings (SSSR count). The highest BCUT2D eigenvalue weighted by molar-refractivity contribution is 6.20. The molecule has 19 heavy (non-hydrogen) atoms. The number of anilines is 1. The van der Waals surface area contributed by atoms with Gasteiger partial charge in [-0.15, -0.1) is 11.6 Å². The van der Waals surface area contributed by atoms with Crippen molar-refractivity contribution in [3.8, 4) is 0 Å². The minimum atomic E-state index is 0.332. The fraction of sp³-hybridized carbons (Fsp3) is 0.733. The van der Waals surface area contributed by atoms with E-state index in [1.807, 2.05) is 0 Å². The third kappa shape index (κ3) is 3.02. The zero-order chi connectivity index (χ0) is 13.1. The Morgan fingerprint density at radius 3 is 2.84 bits per heavy atom. The first-order valence-electron chi connectivity index (χ1n) is 7.55. The Kier molecular flexibility index (Phi) is 4.21. The quantitative estimate of drug-likeness (QED) is 0.860. The number of aryl methyl sites for hydroxylation is 1. The van der Waals surface area contributed by atoms with Crippen molar-refractivity contribution in [2.45, 2.75) is 56.7 Å². The van der Waals surface area contributed by atoms with Crippen molar-refractivity contribution in [3.63, 3.8) is 0 Å². The van der Waals surface area contributed by atoms with Crippen LogP contribution >= 0.6 is 11.6 Å². The molecule has 0 bridgehead atoms. The minimum absolute atomic E-state index is 0.332. The first-order chi connectivity index (χ1) is 9.34. The maximum Gasteiger partial charge on any atom is 0.132 e. The molecule has 104 valence electrons. The predicted molar refractivity (Wildman–Crippen MR) is 78.8 cm³/mol. The normalized spacial score (nSPS) is 26.8.